The highest BCUT2D eigenvalue weighted by atomic mass is 16.4. The predicted molar refractivity (Wildman–Crippen MR) is 83.7 cm³/mol. The maximum absolute atomic E-state index is 12.5. The summed E-state index contributed by atoms with van der Waals surface area (Å²) >= 11 is 0. The number of rotatable bonds is 3. The standard InChI is InChI=1S/C17H26N2O4/c20-14-5-3-1-2-4-8-19(14)12-15(21)18-9-6-17(7-10-18)11-13(17)16(22)23/h13H,1-12H2,(H,22,23)/t13-/m1/s1. The molecule has 1 atom stereocenters. The molecule has 2 aliphatic heterocycles. The van der Waals surface area contributed by atoms with Gasteiger partial charge in [0.15, 0.2) is 0 Å². The van der Waals surface area contributed by atoms with E-state index in [1.165, 1.54) is 0 Å². The van der Waals surface area contributed by atoms with E-state index in [1.807, 2.05) is 4.90 Å². The SMILES string of the molecule is O=C(O)[C@H]1CC12CCN(C(=O)CN1CCCCCCC1=O)CC2. The molecule has 128 valence electrons. The Morgan fingerprint density at radius 3 is 2.43 bits per heavy atom. The van der Waals surface area contributed by atoms with E-state index in [9.17, 15) is 14.4 Å². The number of carboxylic acids is 1. The molecule has 6 nitrogen and oxygen atoms in total. The second-order valence-corrected chi connectivity index (χ2v) is 7.32. The van der Waals surface area contributed by atoms with Crippen LogP contribution in [0.1, 0.15) is 51.4 Å². The van der Waals surface area contributed by atoms with Gasteiger partial charge in [-0.15, -0.1) is 0 Å². The molecule has 0 unspecified atom stereocenters. The van der Waals surface area contributed by atoms with Crippen LogP contribution in [0.2, 0.25) is 0 Å². The zero-order valence-electron chi connectivity index (χ0n) is 13.6. The summed E-state index contributed by atoms with van der Waals surface area (Å²) in [6, 6.07) is 0. The zero-order chi connectivity index (χ0) is 16.4. The minimum Gasteiger partial charge on any atom is -0.481 e. The number of carbonyl (C=O) groups excluding carboxylic acids is 2. The third-order valence-corrected chi connectivity index (χ3v) is 5.85. The summed E-state index contributed by atoms with van der Waals surface area (Å²) < 4.78 is 0. The summed E-state index contributed by atoms with van der Waals surface area (Å²) in [6.45, 7) is 2.13. The third-order valence-electron chi connectivity index (χ3n) is 5.85. The van der Waals surface area contributed by atoms with E-state index in [2.05, 4.69) is 0 Å². The van der Waals surface area contributed by atoms with Crippen molar-refractivity contribution in [3.63, 3.8) is 0 Å². The van der Waals surface area contributed by atoms with Crippen LogP contribution in [0.25, 0.3) is 0 Å². The van der Waals surface area contributed by atoms with Crippen molar-refractivity contribution < 1.29 is 19.5 Å². The molecule has 6 heteroatoms. The lowest BCUT2D eigenvalue weighted by Crippen LogP contribution is -2.46. The summed E-state index contributed by atoms with van der Waals surface area (Å²) in [5.74, 6) is -0.798. The van der Waals surface area contributed by atoms with Gasteiger partial charge < -0.3 is 14.9 Å². The average Bonchev–Trinajstić information content (AvgIpc) is 3.21. The summed E-state index contributed by atoms with van der Waals surface area (Å²) in [6.07, 6.45) is 7.00. The Labute approximate surface area is 136 Å². The Kier molecular flexibility index (Phi) is 4.60. The Bertz CT molecular complexity index is 497. The lowest BCUT2D eigenvalue weighted by molar-refractivity contribution is -0.142. The second-order valence-electron chi connectivity index (χ2n) is 7.32. The normalized spacial score (nSPS) is 27.5. The third kappa shape index (κ3) is 3.51. The summed E-state index contributed by atoms with van der Waals surface area (Å²) in [4.78, 5) is 39.2. The monoisotopic (exact) mass is 322 g/mol. The van der Waals surface area contributed by atoms with Gasteiger partial charge >= 0.3 is 5.97 Å². The van der Waals surface area contributed by atoms with Gasteiger partial charge in [0.2, 0.25) is 11.8 Å². The van der Waals surface area contributed by atoms with Gasteiger partial charge in [0.05, 0.1) is 12.5 Å². The first-order valence-electron chi connectivity index (χ1n) is 8.80. The van der Waals surface area contributed by atoms with Gasteiger partial charge in [-0.2, -0.15) is 0 Å². The minimum atomic E-state index is -0.698. The number of carboxylic acid groups (broad SMARTS) is 1. The maximum atomic E-state index is 12.5. The van der Waals surface area contributed by atoms with Crippen molar-refractivity contribution in [1.29, 1.82) is 0 Å². The van der Waals surface area contributed by atoms with Crippen LogP contribution in [-0.4, -0.2) is 58.9 Å². The van der Waals surface area contributed by atoms with Crippen molar-refractivity contribution in [2.45, 2.75) is 51.4 Å². The van der Waals surface area contributed by atoms with Crippen LogP contribution in [0.3, 0.4) is 0 Å². The van der Waals surface area contributed by atoms with E-state index >= 15 is 0 Å². The molecular weight excluding hydrogens is 296 g/mol. The van der Waals surface area contributed by atoms with Gasteiger partial charge in [0.1, 0.15) is 0 Å². The molecule has 1 aliphatic carbocycles. The Morgan fingerprint density at radius 1 is 1.09 bits per heavy atom. The molecule has 0 aromatic carbocycles. The first-order chi connectivity index (χ1) is 11.0. The molecule has 1 N–H and O–H groups in total. The molecule has 3 rings (SSSR count). The van der Waals surface area contributed by atoms with Gasteiger partial charge in [-0.25, -0.2) is 0 Å². The first-order valence-corrected chi connectivity index (χ1v) is 8.80. The van der Waals surface area contributed by atoms with Crippen LogP contribution >= 0.6 is 0 Å². The summed E-state index contributed by atoms with van der Waals surface area (Å²) in [7, 11) is 0. The van der Waals surface area contributed by atoms with Gasteiger partial charge in [-0.3, -0.25) is 14.4 Å². The molecule has 0 radical (unpaired) electrons. The number of hydrogen-bond donors (Lipinski definition) is 1. The van der Waals surface area contributed by atoms with Crippen LogP contribution in [-0.2, 0) is 14.4 Å². The largest absolute Gasteiger partial charge is 0.481 e. The van der Waals surface area contributed by atoms with Crippen molar-refractivity contribution in [2.24, 2.45) is 11.3 Å². The Balaban J connectivity index is 1.49. The van der Waals surface area contributed by atoms with Crippen LogP contribution < -0.4 is 0 Å². The van der Waals surface area contributed by atoms with Gasteiger partial charge in [-0.05, 0) is 37.5 Å². The van der Waals surface area contributed by atoms with Gasteiger partial charge in [0, 0.05) is 26.1 Å². The molecule has 2 heterocycles. The minimum absolute atomic E-state index is 0.0151. The predicted octanol–water partition coefficient (Wildman–Crippen LogP) is 1.49. The average molecular weight is 322 g/mol. The first kappa shape index (κ1) is 16.3. The molecule has 2 saturated heterocycles. The van der Waals surface area contributed by atoms with Crippen molar-refractivity contribution in [3.05, 3.63) is 0 Å². The van der Waals surface area contributed by atoms with Crippen LogP contribution in [0.5, 0.6) is 0 Å². The van der Waals surface area contributed by atoms with Crippen molar-refractivity contribution >= 4 is 17.8 Å². The van der Waals surface area contributed by atoms with E-state index in [4.69, 9.17) is 5.11 Å². The molecule has 3 aliphatic rings. The highest BCUT2D eigenvalue weighted by Crippen LogP contribution is 2.59. The van der Waals surface area contributed by atoms with Crippen molar-refractivity contribution in [3.8, 4) is 0 Å². The van der Waals surface area contributed by atoms with Gasteiger partial charge in [-0.1, -0.05) is 12.8 Å². The molecule has 1 spiro atoms. The second kappa shape index (κ2) is 6.49. The maximum Gasteiger partial charge on any atom is 0.307 e. The van der Waals surface area contributed by atoms with Crippen LogP contribution in [0.15, 0.2) is 0 Å². The smallest absolute Gasteiger partial charge is 0.307 e. The molecule has 0 aromatic rings. The van der Waals surface area contributed by atoms with Crippen molar-refractivity contribution in [1.82, 2.24) is 9.80 Å². The number of nitrogens with zero attached hydrogens (tertiary/aromatic N) is 2. The molecule has 1 saturated carbocycles. The molecule has 23 heavy (non-hydrogen) atoms. The lowest BCUT2D eigenvalue weighted by atomic mass is 9.91. The number of piperidine rings is 1. The number of amides is 2. The van der Waals surface area contributed by atoms with E-state index in [1.54, 1.807) is 4.90 Å². The molecule has 2 amide bonds. The molecular formula is C17H26N2O4. The van der Waals surface area contributed by atoms with E-state index in [-0.39, 0.29) is 29.7 Å². The number of likely N-dealkylation sites (tertiary alicyclic amines) is 2. The van der Waals surface area contributed by atoms with Crippen LogP contribution in [0.4, 0.5) is 0 Å². The molecule has 0 bridgehead atoms. The van der Waals surface area contributed by atoms with Gasteiger partial charge in [0.25, 0.3) is 0 Å². The van der Waals surface area contributed by atoms with E-state index in [0.717, 1.165) is 44.9 Å². The quantitative estimate of drug-likeness (QED) is 0.854. The zero-order valence-corrected chi connectivity index (χ0v) is 13.6. The summed E-state index contributed by atoms with van der Waals surface area (Å²) in [5, 5.41) is 9.12. The highest BCUT2D eigenvalue weighted by molar-refractivity contribution is 5.85. The highest BCUT2D eigenvalue weighted by Gasteiger charge is 2.59. The molecule has 3 fully saturated rings. The van der Waals surface area contributed by atoms with E-state index in [0.29, 0.717) is 26.1 Å². The topological polar surface area (TPSA) is 77.9 Å². The number of aliphatic carboxylic acids is 1. The molecule has 0 aromatic heterocycles. The fourth-order valence-corrected chi connectivity index (χ4v) is 4.10. The van der Waals surface area contributed by atoms with Crippen molar-refractivity contribution in [2.75, 3.05) is 26.2 Å². The fourth-order valence-electron chi connectivity index (χ4n) is 4.10. The van der Waals surface area contributed by atoms with Crippen LogP contribution in [0, 0.1) is 11.3 Å². The summed E-state index contributed by atoms with van der Waals surface area (Å²) in [5.41, 5.74) is -0.0566. The number of hydrogen-bond acceptors (Lipinski definition) is 3. The Hall–Kier alpha value is -1.59. The number of carbonyl (C=O) groups is 3. The lowest BCUT2D eigenvalue weighted by Gasteiger charge is -2.34. The Morgan fingerprint density at radius 2 is 1.78 bits per heavy atom. The fraction of sp³-hybridized carbons (Fsp3) is 0.824. The van der Waals surface area contributed by atoms with E-state index < -0.39 is 5.97 Å².